The van der Waals surface area contributed by atoms with Crippen LogP contribution in [0.4, 0.5) is 0 Å². The molecule has 0 aliphatic carbocycles. The predicted octanol–water partition coefficient (Wildman–Crippen LogP) is 2.07. The molecule has 29 heavy (non-hydrogen) atoms. The van der Waals surface area contributed by atoms with Crippen molar-refractivity contribution in [2.24, 2.45) is 0 Å². The Morgan fingerprint density at radius 2 is 2.00 bits per heavy atom. The molecule has 0 atom stereocenters. The predicted molar refractivity (Wildman–Crippen MR) is 102 cm³/mol. The summed E-state index contributed by atoms with van der Waals surface area (Å²) in [5, 5.41) is 10.8. The number of hydrogen-bond acceptors (Lipinski definition) is 7. The van der Waals surface area contributed by atoms with Gasteiger partial charge in [-0.2, -0.15) is 0 Å². The Morgan fingerprint density at radius 3 is 2.79 bits per heavy atom. The maximum Gasteiger partial charge on any atom is 0.251 e. The summed E-state index contributed by atoms with van der Waals surface area (Å²) in [5.74, 6) is 1.97. The van der Waals surface area contributed by atoms with Gasteiger partial charge in [0.05, 0.1) is 5.56 Å². The van der Waals surface area contributed by atoms with Gasteiger partial charge in [0.2, 0.25) is 24.5 Å². The molecule has 4 rings (SSSR count). The fraction of sp³-hybridized carbons (Fsp3) is 0.300. The number of rotatable bonds is 6. The van der Waals surface area contributed by atoms with E-state index in [1.165, 1.54) is 10.6 Å². The van der Waals surface area contributed by atoms with E-state index >= 15 is 0 Å². The molecule has 1 N–H and O–H groups in total. The first-order valence-corrected chi connectivity index (χ1v) is 9.19. The van der Waals surface area contributed by atoms with Gasteiger partial charge >= 0.3 is 0 Å². The van der Waals surface area contributed by atoms with E-state index in [1.54, 1.807) is 18.3 Å². The minimum absolute atomic E-state index is 0.101. The maximum atomic E-state index is 12.3. The summed E-state index contributed by atoms with van der Waals surface area (Å²) >= 11 is 0. The molecule has 0 saturated carbocycles. The molecule has 1 aliphatic heterocycles. The van der Waals surface area contributed by atoms with Gasteiger partial charge < -0.3 is 23.8 Å². The molecule has 0 saturated heterocycles. The topological polar surface area (TPSA) is 108 Å². The Labute approximate surface area is 166 Å². The second kappa shape index (κ2) is 7.78. The highest BCUT2D eigenvalue weighted by Gasteiger charge is 2.15. The molecule has 1 aliphatic rings. The van der Waals surface area contributed by atoms with Crippen LogP contribution in [0.15, 0.2) is 45.7 Å². The smallest absolute Gasteiger partial charge is 0.251 e. The van der Waals surface area contributed by atoms with Crippen LogP contribution in [0.5, 0.6) is 11.5 Å². The van der Waals surface area contributed by atoms with Gasteiger partial charge in [0.25, 0.3) is 5.56 Å². The van der Waals surface area contributed by atoms with Gasteiger partial charge in [0.15, 0.2) is 11.5 Å². The van der Waals surface area contributed by atoms with Crippen molar-refractivity contribution < 1.29 is 18.7 Å². The van der Waals surface area contributed by atoms with Crippen LogP contribution in [0.1, 0.15) is 31.2 Å². The van der Waals surface area contributed by atoms with E-state index in [1.807, 2.05) is 26.0 Å². The van der Waals surface area contributed by atoms with E-state index in [-0.39, 0.29) is 30.7 Å². The molecule has 9 heteroatoms. The Kier molecular flexibility index (Phi) is 5.03. The van der Waals surface area contributed by atoms with Crippen LogP contribution in [-0.2, 0) is 17.9 Å². The number of aromatic nitrogens is 3. The number of carbonyl (C=O) groups is 1. The van der Waals surface area contributed by atoms with Crippen LogP contribution in [0.3, 0.4) is 0 Å². The number of hydrogen-bond donors (Lipinski definition) is 1. The Bertz CT molecular complexity index is 1100. The van der Waals surface area contributed by atoms with Crippen molar-refractivity contribution in [3.63, 3.8) is 0 Å². The Balaban J connectivity index is 1.43. The number of pyridine rings is 1. The van der Waals surface area contributed by atoms with Gasteiger partial charge in [-0.3, -0.25) is 9.59 Å². The highest BCUT2D eigenvalue weighted by Crippen LogP contribution is 2.32. The van der Waals surface area contributed by atoms with Crippen molar-refractivity contribution in [1.29, 1.82) is 0 Å². The minimum atomic E-state index is -0.296. The zero-order valence-corrected chi connectivity index (χ0v) is 16.0. The lowest BCUT2D eigenvalue weighted by Crippen LogP contribution is -2.31. The average Bonchev–Trinajstić information content (AvgIpc) is 3.37. The molecule has 3 heterocycles. The Hall–Kier alpha value is -3.62. The maximum absolute atomic E-state index is 12.3. The van der Waals surface area contributed by atoms with Crippen molar-refractivity contribution >= 4 is 5.91 Å². The summed E-state index contributed by atoms with van der Waals surface area (Å²) in [6.07, 6.45) is 1.54. The molecule has 0 radical (unpaired) electrons. The van der Waals surface area contributed by atoms with Crippen LogP contribution in [0.25, 0.3) is 11.5 Å². The Morgan fingerprint density at radius 1 is 1.17 bits per heavy atom. The minimum Gasteiger partial charge on any atom is -0.454 e. The molecule has 0 spiro atoms. The molecule has 3 aromatic rings. The molecule has 150 valence electrons. The van der Waals surface area contributed by atoms with Crippen LogP contribution < -0.4 is 20.3 Å². The quantitative estimate of drug-likeness (QED) is 0.679. The van der Waals surface area contributed by atoms with Crippen molar-refractivity contribution in [1.82, 2.24) is 20.1 Å². The number of benzene rings is 1. The number of nitrogens with one attached hydrogen (secondary N) is 1. The lowest BCUT2D eigenvalue weighted by atomic mass is 10.2. The first-order chi connectivity index (χ1) is 14.0. The van der Waals surface area contributed by atoms with Gasteiger partial charge in [-0.25, -0.2) is 0 Å². The van der Waals surface area contributed by atoms with Crippen molar-refractivity contribution in [3.8, 4) is 23.0 Å². The first kappa shape index (κ1) is 18.7. The zero-order chi connectivity index (χ0) is 20.4. The average molecular weight is 396 g/mol. The van der Waals surface area contributed by atoms with Gasteiger partial charge in [-0.05, 0) is 23.8 Å². The van der Waals surface area contributed by atoms with Gasteiger partial charge in [0, 0.05) is 24.7 Å². The highest BCUT2D eigenvalue weighted by atomic mass is 16.7. The summed E-state index contributed by atoms with van der Waals surface area (Å²) in [7, 11) is 0. The second-order valence-electron chi connectivity index (χ2n) is 6.95. The summed E-state index contributed by atoms with van der Waals surface area (Å²) in [4.78, 5) is 24.5. The van der Waals surface area contributed by atoms with Gasteiger partial charge in [-0.15, -0.1) is 10.2 Å². The molecule has 1 amide bonds. The van der Waals surface area contributed by atoms with E-state index < -0.39 is 0 Å². The van der Waals surface area contributed by atoms with Gasteiger partial charge in [0.1, 0.15) is 6.54 Å². The van der Waals surface area contributed by atoms with Crippen molar-refractivity contribution in [2.75, 3.05) is 6.79 Å². The number of carbonyl (C=O) groups excluding carboxylic acids is 1. The molecular formula is C20H20N4O5. The van der Waals surface area contributed by atoms with Crippen molar-refractivity contribution in [2.45, 2.75) is 32.9 Å². The van der Waals surface area contributed by atoms with Crippen LogP contribution in [0, 0.1) is 0 Å². The molecular weight excluding hydrogens is 376 g/mol. The van der Waals surface area contributed by atoms with Crippen molar-refractivity contribution in [3.05, 3.63) is 58.3 Å². The van der Waals surface area contributed by atoms with E-state index in [4.69, 9.17) is 13.9 Å². The number of fused-ring (bicyclic) bond motifs is 1. The monoisotopic (exact) mass is 396 g/mol. The largest absolute Gasteiger partial charge is 0.454 e. The van der Waals surface area contributed by atoms with Crippen LogP contribution in [0.2, 0.25) is 0 Å². The molecule has 0 bridgehead atoms. The van der Waals surface area contributed by atoms with Crippen LogP contribution in [-0.4, -0.2) is 27.5 Å². The summed E-state index contributed by atoms with van der Waals surface area (Å²) in [6.45, 7) is 4.28. The fourth-order valence-electron chi connectivity index (χ4n) is 2.83. The van der Waals surface area contributed by atoms with E-state index in [0.717, 1.165) is 5.56 Å². The summed E-state index contributed by atoms with van der Waals surface area (Å²) < 4.78 is 17.5. The highest BCUT2D eigenvalue weighted by molar-refractivity contribution is 5.75. The van der Waals surface area contributed by atoms with E-state index in [9.17, 15) is 9.59 Å². The number of amides is 1. The molecule has 0 unspecified atom stereocenters. The molecule has 1 aromatic carbocycles. The first-order valence-electron chi connectivity index (χ1n) is 9.19. The zero-order valence-electron chi connectivity index (χ0n) is 16.0. The number of ether oxygens (including phenoxy) is 2. The lowest BCUT2D eigenvalue weighted by molar-refractivity contribution is -0.121. The van der Waals surface area contributed by atoms with Crippen LogP contribution >= 0.6 is 0 Å². The SMILES string of the molecule is CC(C)c1nnc(-c2ccc(=O)n(CC(=O)NCc3ccc4c(c3)OCO4)c2)o1. The third kappa shape index (κ3) is 4.13. The second-order valence-corrected chi connectivity index (χ2v) is 6.95. The lowest BCUT2D eigenvalue weighted by Gasteiger charge is -2.09. The van der Waals surface area contributed by atoms with E-state index in [0.29, 0.717) is 35.4 Å². The molecule has 2 aromatic heterocycles. The summed E-state index contributed by atoms with van der Waals surface area (Å²) in [6, 6.07) is 8.44. The van der Waals surface area contributed by atoms with Gasteiger partial charge in [-0.1, -0.05) is 19.9 Å². The molecule has 9 nitrogen and oxygen atoms in total. The fourth-order valence-corrected chi connectivity index (χ4v) is 2.83. The van der Waals surface area contributed by atoms with E-state index in [2.05, 4.69) is 15.5 Å². The standard InChI is InChI=1S/C20H20N4O5/c1-12(2)19-22-23-20(29-19)14-4-6-18(26)24(9-14)10-17(25)21-8-13-3-5-15-16(7-13)28-11-27-15/h3-7,9,12H,8,10-11H2,1-2H3,(H,21,25). The summed E-state index contributed by atoms with van der Waals surface area (Å²) in [5.41, 5.74) is 1.15. The normalized spacial score (nSPS) is 12.4. The third-order valence-corrected chi connectivity index (χ3v) is 4.41. The third-order valence-electron chi connectivity index (χ3n) is 4.41. The number of nitrogens with zero attached hydrogens (tertiary/aromatic N) is 3. The molecule has 0 fully saturated rings.